The van der Waals surface area contributed by atoms with Crippen molar-refractivity contribution in [3.63, 3.8) is 0 Å². The first kappa shape index (κ1) is 16.2. The van der Waals surface area contributed by atoms with Crippen LogP contribution in [0.5, 0.6) is 0 Å². The molecule has 5 nitrogen and oxygen atoms in total. The number of amides is 1. The maximum atomic E-state index is 12.1. The summed E-state index contributed by atoms with van der Waals surface area (Å²) in [6, 6.07) is 1.75. The van der Waals surface area contributed by atoms with Gasteiger partial charge in [0.05, 0.1) is 23.5 Å². The summed E-state index contributed by atoms with van der Waals surface area (Å²) in [4.78, 5) is 25.9. The summed E-state index contributed by atoms with van der Waals surface area (Å²) >= 11 is 1.28. The van der Waals surface area contributed by atoms with E-state index in [9.17, 15) is 9.59 Å². The highest BCUT2D eigenvalue weighted by Crippen LogP contribution is 2.22. The Hall–Kier alpha value is -1.84. The molecule has 1 N–H and O–H groups in total. The van der Waals surface area contributed by atoms with Gasteiger partial charge in [0, 0.05) is 13.5 Å². The van der Waals surface area contributed by atoms with E-state index in [4.69, 9.17) is 5.11 Å². The molecule has 0 saturated heterocycles. The SMILES string of the molecule is COC(=O)CN(C)C(=O)c1cc(C)c(C#CCCO)s1. The number of ether oxygens (including phenoxy) is 1. The molecule has 0 unspecified atom stereocenters. The van der Waals surface area contributed by atoms with Crippen molar-refractivity contribution in [2.45, 2.75) is 13.3 Å². The molecule has 0 atom stereocenters. The number of methoxy groups -OCH3 is 1. The van der Waals surface area contributed by atoms with Gasteiger partial charge in [0.15, 0.2) is 0 Å². The molecule has 20 heavy (non-hydrogen) atoms. The van der Waals surface area contributed by atoms with Crippen molar-refractivity contribution in [3.8, 4) is 11.8 Å². The molecule has 1 aromatic heterocycles. The highest BCUT2D eigenvalue weighted by molar-refractivity contribution is 7.14. The van der Waals surface area contributed by atoms with Crippen LogP contribution in [0, 0.1) is 18.8 Å². The molecule has 1 rings (SSSR count). The minimum absolute atomic E-state index is 0.0189. The quantitative estimate of drug-likeness (QED) is 0.665. The molecule has 0 aliphatic carbocycles. The lowest BCUT2D eigenvalue weighted by Crippen LogP contribution is -2.32. The van der Waals surface area contributed by atoms with Crippen LogP contribution < -0.4 is 0 Å². The van der Waals surface area contributed by atoms with Gasteiger partial charge in [0.25, 0.3) is 5.91 Å². The van der Waals surface area contributed by atoms with Crippen molar-refractivity contribution in [3.05, 3.63) is 21.4 Å². The molecule has 108 valence electrons. The van der Waals surface area contributed by atoms with Crippen LogP contribution in [-0.2, 0) is 9.53 Å². The Labute approximate surface area is 122 Å². The van der Waals surface area contributed by atoms with Gasteiger partial charge in [-0.1, -0.05) is 11.8 Å². The Morgan fingerprint density at radius 1 is 1.50 bits per heavy atom. The van der Waals surface area contributed by atoms with Crippen molar-refractivity contribution in [1.82, 2.24) is 4.90 Å². The van der Waals surface area contributed by atoms with Crippen LogP contribution in [0.4, 0.5) is 0 Å². The molecule has 0 aliphatic rings. The predicted molar refractivity (Wildman–Crippen MR) is 76.6 cm³/mol. The number of rotatable bonds is 4. The first-order valence-corrected chi connectivity index (χ1v) is 6.83. The van der Waals surface area contributed by atoms with Crippen LogP contribution >= 0.6 is 11.3 Å². The second-order valence-corrected chi connectivity index (χ2v) is 5.19. The maximum absolute atomic E-state index is 12.1. The van der Waals surface area contributed by atoms with Crippen molar-refractivity contribution in [1.29, 1.82) is 0 Å². The average molecular weight is 295 g/mol. The molecule has 0 spiro atoms. The lowest BCUT2D eigenvalue weighted by molar-refractivity contribution is -0.141. The van der Waals surface area contributed by atoms with Gasteiger partial charge >= 0.3 is 5.97 Å². The predicted octanol–water partition coefficient (Wildman–Crippen LogP) is 1.04. The van der Waals surface area contributed by atoms with Gasteiger partial charge < -0.3 is 14.7 Å². The smallest absolute Gasteiger partial charge is 0.325 e. The Balaban J connectivity index is 2.82. The maximum Gasteiger partial charge on any atom is 0.325 e. The number of hydrogen-bond donors (Lipinski definition) is 1. The van der Waals surface area contributed by atoms with E-state index >= 15 is 0 Å². The van der Waals surface area contributed by atoms with Gasteiger partial charge in [-0.05, 0) is 18.6 Å². The van der Waals surface area contributed by atoms with Gasteiger partial charge in [-0.2, -0.15) is 0 Å². The van der Waals surface area contributed by atoms with Crippen LogP contribution in [0.2, 0.25) is 0 Å². The Kier molecular flexibility index (Phi) is 6.22. The second-order valence-electron chi connectivity index (χ2n) is 4.14. The molecule has 0 bridgehead atoms. The van der Waals surface area contributed by atoms with Crippen LogP contribution in [0.3, 0.4) is 0 Å². The van der Waals surface area contributed by atoms with Gasteiger partial charge in [0.2, 0.25) is 0 Å². The third kappa shape index (κ3) is 4.37. The van der Waals surface area contributed by atoms with E-state index in [2.05, 4.69) is 16.6 Å². The van der Waals surface area contributed by atoms with Crippen LogP contribution in [0.25, 0.3) is 0 Å². The van der Waals surface area contributed by atoms with Crippen molar-refractivity contribution >= 4 is 23.2 Å². The molecule has 0 fully saturated rings. The fourth-order valence-corrected chi connectivity index (χ4v) is 2.47. The number of aliphatic hydroxyl groups excluding tert-OH is 1. The molecule has 0 radical (unpaired) electrons. The molecule has 0 aromatic carbocycles. The number of thiophene rings is 1. The van der Waals surface area contributed by atoms with Crippen molar-refractivity contribution in [2.24, 2.45) is 0 Å². The summed E-state index contributed by atoms with van der Waals surface area (Å²) in [5, 5.41) is 8.68. The third-order valence-corrected chi connectivity index (χ3v) is 3.65. The number of likely N-dealkylation sites (N-methyl/N-ethyl adjacent to an activating group) is 1. The normalized spacial score (nSPS) is 9.60. The van der Waals surface area contributed by atoms with E-state index in [0.717, 1.165) is 10.4 Å². The first-order valence-electron chi connectivity index (χ1n) is 6.02. The highest BCUT2D eigenvalue weighted by atomic mass is 32.1. The zero-order chi connectivity index (χ0) is 15.1. The Morgan fingerprint density at radius 3 is 2.80 bits per heavy atom. The molecular weight excluding hydrogens is 278 g/mol. The fourth-order valence-electron chi connectivity index (χ4n) is 1.43. The zero-order valence-corrected chi connectivity index (χ0v) is 12.5. The minimum Gasteiger partial charge on any atom is -0.468 e. The Morgan fingerprint density at radius 2 is 2.20 bits per heavy atom. The third-order valence-electron chi connectivity index (χ3n) is 2.51. The molecule has 0 saturated carbocycles. The molecular formula is C14H17NO4S. The zero-order valence-electron chi connectivity index (χ0n) is 11.7. The minimum atomic E-state index is -0.461. The first-order chi connectivity index (χ1) is 9.49. The summed E-state index contributed by atoms with van der Waals surface area (Å²) in [6.45, 7) is 1.80. The van der Waals surface area contributed by atoms with E-state index < -0.39 is 5.97 Å². The van der Waals surface area contributed by atoms with Gasteiger partial charge in [0.1, 0.15) is 6.54 Å². The van der Waals surface area contributed by atoms with E-state index in [1.54, 1.807) is 13.1 Å². The topological polar surface area (TPSA) is 66.8 Å². The van der Waals surface area contributed by atoms with Gasteiger partial charge in [-0.25, -0.2) is 0 Å². The fraction of sp³-hybridized carbons (Fsp3) is 0.429. The van der Waals surface area contributed by atoms with Crippen LogP contribution in [-0.4, -0.2) is 49.2 Å². The second kappa shape index (κ2) is 7.68. The summed E-state index contributed by atoms with van der Waals surface area (Å²) < 4.78 is 4.53. The number of hydrogen-bond acceptors (Lipinski definition) is 5. The number of esters is 1. The number of carbonyl (C=O) groups is 2. The molecule has 1 aromatic rings. The van der Waals surface area contributed by atoms with Gasteiger partial charge in [-0.15, -0.1) is 11.3 Å². The monoisotopic (exact) mass is 295 g/mol. The summed E-state index contributed by atoms with van der Waals surface area (Å²) in [5.74, 6) is 5.05. The van der Waals surface area contributed by atoms with E-state index in [-0.39, 0.29) is 19.1 Å². The highest BCUT2D eigenvalue weighted by Gasteiger charge is 2.18. The van der Waals surface area contributed by atoms with E-state index in [1.807, 2.05) is 6.92 Å². The standard InChI is InChI=1S/C14H17NO4S/c1-10-8-12(20-11(10)6-4-5-7-16)14(18)15(2)9-13(17)19-3/h8,16H,5,7,9H2,1-3H3. The average Bonchev–Trinajstić information content (AvgIpc) is 2.79. The van der Waals surface area contributed by atoms with Crippen LogP contribution in [0.15, 0.2) is 6.07 Å². The number of carbonyl (C=O) groups excluding carboxylic acids is 2. The molecule has 6 heteroatoms. The van der Waals surface area contributed by atoms with E-state index in [0.29, 0.717) is 11.3 Å². The van der Waals surface area contributed by atoms with Crippen LogP contribution in [0.1, 0.15) is 26.5 Å². The van der Waals surface area contributed by atoms with Crippen molar-refractivity contribution in [2.75, 3.05) is 27.3 Å². The molecule has 1 amide bonds. The lowest BCUT2D eigenvalue weighted by Gasteiger charge is -2.14. The number of aryl methyl sites for hydroxylation is 1. The summed E-state index contributed by atoms with van der Waals surface area (Å²) in [7, 11) is 2.83. The molecule has 0 aliphatic heterocycles. The lowest BCUT2D eigenvalue weighted by atomic mass is 10.2. The number of nitrogens with zero attached hydrogens (tertiary/aromatic N) is 1. The van der Waals surface area contributed by atoms with Gasteiger partial charge in [-0.3, -0.25) is 9.59 Å². The largest absolute Gasteiger partial charge is 0.468 e. The van der Waals surface area contributed by atoms with E-state index in [1.165, 1.54) is 23.3 Å². The number of aliphatic hydroxyl groups is 1. The summed E-state index contributed by atoms with van der Waals surface area (Å²) in [6.07, 6.45) is 0.406. The summed E-state index contributed by atoms with van der Waals surface area (Å²) in [5.41, 5.74) is 0.912. The Bertz CT molecular complexity index is 553. The molecule has 1 heterocycles. The van der Waals surface area contributed by atoms with Crippen molar-refractivity contribution < 1.29 is 19.4 Å².